The third kappa shape index (κ3) is 7.59. The van der Waals surface area contributed by atoms with Crippen molar-refractivity contribution in [1.29, 1.82) is 0 Å². The maximum atomic E-state index is 10.6. The molecule has 0 unspecified atom stereocenters. The first kappa shape index (κ1) is 12.2. The van der Waals surface area contributed by atoms with Crippen LogP contribution in [0, 0.1) is 11.8 Å². The maximum Gasteiger partial charge on any atom is 0.384 e. The van der Waals surface area contributed by atoms with E-state index < -0.39 is 5.97 Å². The number of rotatable bonds is 3. The summed E-state index contributed by atoms with van der Waals surface area (Å²) >= 11 is 1.91. The Bertz CT molecular complexity index is 238. The molecule has 0 aromatic rings. The van der Waals surface area contributed by atoms with Crippen molar-refractivity contribution in [2.45, 2.75) is 6.42 Å². The molecule has 4 nitrogen and oxygen atoms in total. The number of halogens is 1. The molecule has 0 saturated heterocycles. The molecule has 0 aromatic heterocycles. The van der Waals surface area contributed by atoms with Crippen LogP contribution in [0.4, 0.5) is 0 Å². The van der Waals surface area contributed by atoms with Gasteiger partial charge in [0.05, 0.1) is 11.5 Å². The van der Waals surface area contributed by atoms with Gasteiger partial charge in [-0.25, -0.2) is 4.79 Å². The SMILES string of the molecule is COC(=O)C#CCCOC(=O)CI. The van der Waals surface area contributed by atoms with Crippen LogP contribution < -0.4 is 0 Å². The molecular formula is C8H9IO4. The highest BCUT2D eigenvalue weighted by Gasteiger charge is 1.96. The van der Waals surface area contributed by atoms with Gasteiger partial charge in [0.15, 0.2) is 0 Å². The molecule has 0 rings (SSSR count). The second-order valence-corrected chi connectivity index (χ2v) is 2.66. The molecule has 0 aliphatic rings. The number of ether oxygens (including phenoxy) is 2. The lowest BCUT2D eigenvalue weighted by atomic mass is 10.4. The molecule has 0 aromatic carbocycles. The van der Waals surface area contributed by atoms with Crippen LogP contribution in [-0.2, 0) is 19.1 Å². The van der Waals surface area contributed by atoms with Crippen LogP contribution in [0.3, 0.4) is 0 Å². The molecule has 0 spiro atoms. The lowest BCUT2D eigenvalue weighted by Crippen LogP contribution is -2.05. The lowest BCUT2D eigenvalue weighted by molar-refractivity contribution is -0.139. The first-order chi connectivity index (χ1) is 6.20. The van der Waals surface area contributed by atoms with E-state index in [0.717, 1.165) is 0 Å². The summed E-state index contributed by atoms with van der Waals surface area (Å²) in [7, 11) is 1.26. The highest BCUT2D eigenvalue weighted by Crippen LogP contribution is 1.87. The maximum absolute atomic E-state index is 10.6. The summed E-state index contributed by atoms with van der Waals surface area (Å²) in [5.74, 6) is 3.87. The van der Waals surface area contributed by atoms with Crippen molar-refractivity contribution in [2.75, 3.05) is 18.1 Å². The molecule has 0 heterocycles. The molecule has 0 N–H and O–H groups in total. The van der Waals surface area contributed by atoms with Crippen LogP contribution in [0.25, 0.3) is 0 Å². The monoisotopic (exact) mass is 296 g/mol. The summed E-state index contributed by atoms with van der Waals surface area (Å²) in [6.45, 7) is 0.214. The molecule has 5 heteroatoms. The van der Waals surface area contributed by atoms with Gasteiger partial charge < -0.3 is 9.47 Å². The minimum atomic E-state index is -0.583. The Balaban J connectivity index is 3.48. The van der Waals surface area contributed by atoms with Crippen LogP contribution >= 0.6 is 22.6 Å². The van der Waals surface area contributed by atoms with Crippen LogP contribution in [-0.4, -0.2) is 30.1 Å². The number of methoxy groups -OCH3 is 1. The van der Waals surface area contributed by atoms with Crippen LogP contribution in [0.1, 0.15) is 6.42 Å². The van der Waals surface area contributed by atoms with Crippen molar-refractivity contribution in [1.82, 2.24) is 0 Å². The summed E-state index contributed by atoms with van der Waals surface area (Å²) in [6, 6.07) is 0. The van der Waals surface area contributed by atoms with Gasteiger partial charge in [0, 0.05) is 12.3 Å². The number of hydrogen-bond acceptors (Lipinski definition) is 4. The minimum Gasteiger partial charge on any atom is -0.464 e. The molecule has 0 aliphatic carbocycles. The Labute approximate surface area is 90.1 Å². The lowest BCUT2D eigenvalue weighted by Gasteiger charge is -1.96. The number of carbonyl (C=O) groups excluding carboxylic acids is 2. The van der Waals surface area contributed by atoms with E-state index in [1.165, 1.54) is 7.11 Å². The Hall–Kier alpha value is -0.770. The fourth-order valence-electron chi connectivity index (χ4n) is 0.440. The minimum absolute atomic E-state index is 0.214. The fraction of sp³-hybridized carbons (Fsp3) is 0.500. The zero-order chi connectivity index (χ0) is 10.1. The third-order valence-electron chi connectivity index (χ3n) is 0.975. The Morgan fingerprint density at radius 3 is 2.69 bits per heavy atom. The van der Waals surface area contributed by atoms with E-state index in [2.05, 4.69) is 16.6 Å². The number of hydrogen-bond donors (Lipinski definition) is 0. The Kier molecular flexibility index (Phi) is 7.39. The van der Waals surface area contributed by atoms with Gasteiger partial charge in [0.25, 0.3) is 0 Å². The quantitative estimate of drug-likeness (QED) is 0.190. The molecule has 72 valence electrons. The molecule has 0 aliphatic heterocycles. The van der Waals surface area contributed by atoms with Gasteiger partial charge in [0.2, 0.25) is 0 Å². The summed E-state index contributed by atoms with van der Waals surface area (Å²) in [5.41, 5.74) is 0. The second kappa shape index (κ2) is 7.86. The van der Waals surface area contributed by atoms with Crippen molar-refractivity contribution < 1.29 is 19.1 Å². The van der Waals surface area contributed by atoms with Crippen molar-refractivity contribution in [3.05, 3.63) is 0 Å². The highest BCUT2D eigenvalue weighted by atomic mass is 127. The first-order valence-electron chi connectivity index (χ1n) is 3.49. The summed E-state index contributed by atoms with van der Waals surface area (Å²) < 4.78 is 9.30. The van der Waals surface area contributed by atoms with Gasteiger partial charge in [-0.3, -0.25) is 4.79 Å². The Morgan fingerprint density at radius 2 is 2.15 bits per heavy atom. The summed E-state index contributed by atoms with van der Waals surface area (Å²) in [6.07, 6.45) is 0.345. The largest absolute Gasteiger partial charge is 0.464 e. The fourth-order valence-corrected chi connectivity index (χ4v) is 0.660. The van der Waals surface area contributed by atoms with Crippen molar-refractivity contribution in [3.8, 4) is 11.8 Å². The predicted molar refractivity (Wildman–Crippen MR) is 54.3 cm³/mol. The molecule has 0 bridgehead atoms. The number of alkyl halides is 1. The van der Waals surface area contributed by atoms with Gasteiger partial charge >= 0.3 is 11.9 Å². The van der Waals surface area contributed by atoms with Gasteiger partial charge in [0.1, 0.15) is 6.61 Å². The van der Waals surface area contributed by atoms with E-state index in [9.17, 15) is 9.59 Å². The topological polar surface area (TPSA) is 52.6 Å². The van der Waals surface area contributed by atoms with Crippen molar-refractivity contribution in [2.24, 2.45) is 0 Å². The van der Waals surface area contributed by atoms with E-state index in [1.54, 1.807) is 0 Å². The van der Waals surface area contributed by atoms with E-state index in [0.29, 0.717) is 10.8 Å². The van der Waals surface area contributed by atoms with Gasteiger partial charge in [-0.1, -0.05) is 28.5 Å². The van der Waals surface area contributed by atoms with Crippen molar-refractivity contribution >= 4 is 34.5 Å². The van der Waals surface area contributed by atoms with E-state index in [1.807, 2.05) is 22.6 Å². The van der Waals surface area contributed by atoms with E-state index in [-0.39, 0.29) is 12.6 Å². The third-order valence-corrected chi connectivity index (χ3v) is 1.60. The van der Waals surface area contributed by atoms with Gasteiger partial charge in [-0.2, -0.15) is 0 Å². The predicted octanol–water partition coefficient (Wildman–Crippen LogP) is 0.531. The van der Waals surface area contributed by atoms with Crippen LogP contribution in [0.15, 0.2) is 0 Å². The first-order valence-corrected chi connectivity index (χ1v) is 5.01. The zero-order valence-electron chi connectivity index (χ0n) is 7.13. The van der Waals surface area contributed by atoms with Crippen molar-refractivity contribution in [3.63, 3.8) is 0 Å². The smallest absolute Gasteiger partial charge is 0.384 e. The second-order valence-electron chi connectivity index (χ2n) is 1.90. The average Bonchev–Trinajstić information content (AvgIpc) is 2.16. The Morgan fingerprint density at radius 1 is 1.46 bits per heavy atom. The molecule has 0 radical (unpaired) electrons. The molecule has 0 fully saturated rings. The number of esters is 2. The van der Waals surface area contributed by atoms with E-state index >= 15 is 0 Å². The molecule has 0 amide bonds. The van der Waals surface area contributed by atoms with Gasteiger partial charge in [-0.05, 0) is 0 Å². The molecule has 0 atom stereocenters. The van der Waals surface area contributed by atoms with E-state index in [4.69, 9.17) is 4.74 Å². The summed E-state index contributed by atoms with van der Waals surface area (Å²) in [5, 5.41) is 0. The molecule has 0 saturated carbocycles. The molecular weight excluding hydrogens is 287 g/mol. The standard InChI is InChI=1S/C8H9IO4/c1-12-7(10)4-2-3-5-13-8(11)6-9/h3,5-6H2,1H3. The average molecular weight is 296 g/mol. The van der Waals surface area contributed by atoms with Crippen LogP contribution in [0.2, 0.25) is 0 Å². The van der Waals surface area contributed by atoms with Gasteiger partial charge in [-0.15, -0.1) is 0 Å². The summed E-state index contributed by atoms with van der Waals surface area (Å²) in [4.78, 5) is 21.1. The van der Waals surface area contributed by atoms with Crippen LogP contribution in [0.5, 0.6) is 0 Å². The molecule has 13 heavy (non-hydrogen) atoms. The number of carbonyl (C=O) groups is 2. The highest BCUT2D eigenvalue weighted by molar-refractivity contribution is 14.1. The normalized spacial score (nSPS) is 8.15. The zero-order valence-corrected chi connectivity index (χ0v) is 9.29.